The molecule has 2 amide bonds. The lowest BCUT2D eigenvalue weighted by Gasteiger charge is -2.12. The van der Waals surface area contributed by atoms with Crippen LogP contribution in [0, 0.1) is 0 Å². The summed E-state index contributed by atoms with van der Waals surface area (Å²) in [6.07, 6.45) is 5.37. The molecule has 0 unspecified atom stereocenters. The summed E-state index contributed by atoms with van der Waals surface area (Å²) in [5.41, 5.74) is 1.47. The number of allylic oxidation sites excluding steroid dienone is 2. The van der Waals surface area contributed by atoms with Crippen LogP contribution in [-0.4, -0.2) is 21.0 Å². The number of hydrogen-bond acceptors (Lipinski definition) is 4. The summed E-state index contributed by atoms with van der Waals surface area (Å²) < 4.78 is 0.258. The molecule has 1 fully saturated rings. The van der Waals surface area contributed by atoms with Crippen LogP contribution in [0.1, 0.15) is 15.9 Å². The Morgan fingerprint density at radius 1 is 1.00 bits per heavy atom. The van der Waals surface area contributed by atoms with Crippen LogP contribution in [0.15, 0.2) is 77.7 Å². The molecule has 1 aliphatic heterocycles. The molecule has 3 nitrogen and oxygen atoms in total. The summed E-state index contributed by atoms with van der Waals surface area (Å²) in [4.78, 5) is 26.4. The van der Waals surface area contributed by atoms with E-state index in [-0.39, 0.29) is 10.2 Å². The van der Waals surface area contributed by atoms with Gasteiger partial charge in [0, 0.05) is 5.56 Å². The molecular formula is C19H13NO2S2. The smallest absolute Gasteiger partial charge is 0.268 e. The van der Waals surface area contributed by atoms with Crippen LogP contribution in [0.3, 0.4) is 0 Å². The summed E-state index contributed by atoms with van der Waals surface area (Å²) in [7, 11) is 0. The minimum Gasteiger partial charge on any atom is -0.268 e. The van der Waals surface area contributed by atoms with Gasteiger partial charge < -0.3 is 0 Å². The third-order valence-electron chi connectivity index (χ3n) is 3.35. The maximum absolute atomic E-state index is 12.5. The SMILES string of the molecule is O=C1/C(=C/C=C/c2ccccc2)SC(=S)N1C(=O)c1ccccc1. The van der Waals surface area contributed by atoms with E-state index in [2.05, 4.69) is 0 Å². The number of hydrogen-bond donors (Lipinski definition) is 0. The molecule has 1 heterocycles. The van der Waals surface area contributed by atoms with Crippen molar-refractivity contribution in [1.29, 1.82) is 0 Å². The van der Waals surface area contributed by atoms with Crippen molar-refractivity contribution in [2.24, 2.45) is 0 Å². The Morgan fingerprint density at radius 3 is 2.29 bits per heavy atom. The predicted octanol–water partition coefficient (Wildman–Crippen LogP) is 4.28. The van der Waals surface area contributed by atoms with E-state index in [4.69, 9.17) is 12.2 Å². The lowest BCUT2D eigenvalue weighted by atomic mass is 10.2. The third kappa shape index (κ3) is 3.53. The second kappa shape index (κ2) is 7.38. The van der Waals surface area contributed by atoms with Gasteiger partial charge in [-0.15, -0.1) is 0 Å². The van der Waals surface area contributed by atoms with E-state index in [0.717, 1.165) is 22.2 Å². The van der Waals surface area contributed by atoms with Crippen LogP contribution < -0.4 is 0 Å². The van der Waals surface area contributed by atoms with Crippen molar-refractivity contribution in [3.05, 3.63) is 88.8 Å². The first-order valence-electron chi connectivity index (χ1n) is 7.26. The number of thiocarbonyl (C=S) groups is 1. The minimum absolute atomic E-state index is 0.258. The van der Waals surface area contributed by atoms with Crippen molar-refractivity contribution in [3.63, 3.8) is 0 Å². The van der Waals surface area contributed by atoms with Gasteiger partial charge in [-0.1, -0.05) is 84.7 Å². The maximum Gasteiger partial charge on any atom is 0.273 e. The Hall–Kier alpha value is -2.50. The van der Waals surface area contributed by atoms with Gasteiger partial charge in [0.05, 0.1) is 4.91 Å². The molecule has 0 N–H and O–H groups in total. The molecule has 0 saturated carbocycles. The van der Waals surface area contributed by atoms with E-state index in [1.807, 2.05) is 42.5 Å². The molecule has 24 heavy (non-hydrogen) atoms. The molecule has 0 aliphatic carbocycles. The number of benzene rings is 2. The fraction of sp³-hybridized carbons (Fsp3) is 0. The van der Waals surface area contributed by atoms with Crippen LogP contribution in [0.25, 0.3) is 6.08 Å². The highest BCUT2D eigenvalue weighted by molar-refractivity contribution is 8.26. The average Bonchev–Trinajstić information content (AvgIpc) is 2.90. The quantitative estimate of drug-likeness (QED) is 0.470. The normalized spacial score (nSPS) is 16.3. The molecule has 0 bridgehead atoms. The van der Waals surface area contributed by atoms with Gasteiger partial charge in [-0.05, 0) is 23.8 Å². The van der Waals surface area contributed by atoms with Crippen LogP contribution >= 0.6 is 24.0 Å². The maximum atomic E-state index is 12.5. The summed E-state index contributed by atoms with van der Waals surface area (Å²) >= 11 is 6.33. The first-order chi connectivity index (χ1) is 11.7. The van der Waals surface area contributed by atoms with Gasteiger partial charge in [-0.2, -0.15) is 0 Å². The highest BCUT2D eigenvalue weighted by Gasteiger charge is 2.36. The van der Waals surface area contributed by atoms with Gasteiger partial charge in [-0.3, -0.25) is 9.59 Å². The largest absolute Gasteiger partial charge is 0.273 e. The molecular weight excluding hydrogens is 338 g/mol. The molecule has 0 spiro atoms. The highest BCUT2D eigenvalue weighted by atomic mass is 32.2. The fourth-order valence-corrected chi connectivity index (χ4v) is 3.38. The summed E-state index contributed by atoms with van der Waals surface area (Å²) in [6, 6.07) is 18.4. The summed E-state index contributed by atoms with van der Waals surface area (Å²) in [5, 5.41) is 0. The molecule has 0 radical (unpaired) electrons. The van der Waals surface area contributed by atoms with Crippen LogP contribution in [0.2, 0.25) is 0 Å². The number of imide groups is 1. The lowest BCUT2D eigenvalue weighted by Crippen LogP contribution is -2.34. The number of amides is 2. The summed E-state index contributed by atoms with van der Waals surface area (Å²) in [5.74, 6) is -0.773. The van der Waals surface area contributed by atoms with Gasteiger partial charge in [-0.25, -0.2) is 4.90 Å². The second-order valence-electron chi connectivity index (χ2n) is 4.98. The Balaban J connectivity index is 1.78. The first-order valence-corrected chi connectivity index (χ1v) is 8.48. The van der Waals surface area contributed by atoms with Crippen molar-refractivity contribution < 1.29 is 9.59 Å². The number of carbonyl (C=O) groups excluding carboxylic acids is 2. The van der Waals surface area contributed by atoms with Crippen molar-refractivity contribution in [2.75, 3.05) is 0 Å². The first kappa shape index (κ1) is 16.4. The molecule has 3 rings (SSSR count). The van der Waals surface area contributed by atoms with Crippen LogP contribution in [0.5, 0.6) is 0 Å². The molecule has 1 aliphatic rings. The van der Waals surface area contributed by atoms with Crippen molar-refractivity contribution in [2.45, 2.75) is 0 Å². The van der Waals surface area contributed by atoms with E-state index < -0.39 is 5.91 Å². The molecule has 0 aromatic heterocycles. The molecule has 1 saturated heterocycles. The van der Waals surface area contributed by atoms with Crippen molar-refractivity contribution >= 4 is 46.2 Å². The lowest BCUT2D eigenvalue weighted by molar-refractivity contribution is -0.120. The second-order valence-corrected chi connectivity index (χ2v) is 6.66. The number of thioether (sulfide) groups is 1. The zero-order valence-corrected chi connectivity index (χ0v) is 14.2. The topological polar surface area (TPSA) is 37.4 Å². The fourth-order valence-electron chi connectivity index (χ4n) is 2.18. The minimum atomic E-state index is -0.395. The molecule has 118 valence electrons. The zero-order chi connectivity index (χ0) is 16.9. The number of rotatable bonds is 3. The van der Waals surface area contributed by atoms with Crippen LogP contribution in [-0.2, 0) is 4.79 Å². The Kier molecular flexibility index (Phi) is 5.03. The number of nitrogens with zero attached hydrogens (tertiary/aromatic N) is 1. The third-order valence-corrected chi connectivity index (χ3v) is 4.67. The Bertz CT molecular complexity index is 842. The van der Waals surface area contributed by atoms with Gasteiger partial charge in [0.1, 0.15) is 0 Å². The van der Waals surface area contributed by atoms with Crippen molar-refractivity contribution in [3.8, 4) is 0 Å². The molecule has 0 atom stereocenters. The van der Waals surface area contributed by atoms with Crippen molar-refractivity contribution in [1.82, 2.24) is 4.90 Å². The standard InChI is InChI=1S/C19H13NO2S2/c21-17(15-11-5-2-6-12-15)20-18(22)16(24-19(20)23)13-7-10-14-8-3-1-4-9-14/h1-13H/b10-7+,16-13-. The van der Waals surface area contributed by atoms with E-state index >= 15 is 0 Å². The van der Waals surface area contributed by atoms with E-state index in [9.17, 15) is 9.59 Å². The molecule has 5 heteroatoms. The van der Waals surface area contributed by atoms with Gasteiger partial charge in [0.15, 0.2) is 4.32 Å². The van der Waals surface area contributed by atoms with E-state index in [1.165, 1.54) is 0 Å². The predicted molar refractivity (Wildman–Crippen MR) is 101 cm³/mol. The zero-order valence-electron chi connectivity index (χ0n) is 12.6. The van der Waals surface area contributed by atoms with Gasteiger partial charge >= 0.3 is 0 Å². The monoisotopic (exact) mass is 351 g/mol. The highest BCUT2D eigenvalue weighted by Crippen LogP contribution is 2.32. The van der Waals surface area contributed by atoms with Gasteiger partial charge in [0.2, 0.25) is 0 Å². The molecule has 2 aromatic rings. The summed E-state index contributed by atoms with van der Waals surface area (Å²) in [6.45, 7) is 0. The van der Waals surface area contributed by atoms with Gasteiger partial charge in [0.25, 0.3) is 11.8 Å². The average molecular weight is 351 g/mol. The Labute approximate surface area is 149 Å². The van der Waals surface area contributed by atoms with E-state index in [0.29, 0.717) is 10.5 Å². The number of carbonyl (C=O) groups is 2. The Morgan fingerprint density at radius 2 is 1.62 bits per heavy atom. The van der Waals surface area contributed by atoms with Crippen LogP contribution in [0.4, 0.5) is 0 Å². The molecule has 2 aromatic carbocycles. The van der Waals surface area contributed by atoms with E-state index in [1.54, 1.807) is 36.4 Å².